The van der Waals surface area contributed by atoms with Crippen LogP contribution in [-0.2, 0) is 4.79 Å². The first kappa shape index (κ1) is 15.3. The van der Waals surface area contributed by atoms with E-state index in [1.807, 2.05) is 26.0 Å². The van der Waals surface area contributed by atoms with E-state index < -0.39 is 0 Å². The molecule has 0 aliphatic heterocycles. The first-order valence-corrected chi connectivity index (χ1v) is 7.03. The molecule has 0 aliphatic carbocycles. The fourth-order valence-electron chi connectivity index (χ4n) is 1.93. The Labute approximate surface area is 129 Å². The smallest absolute Gasteiger partial charge is 0.228 e. The van der Waals surface area contributed by atoms with Crippen LogP contribution in [0.3, 0.4) is 0 Å². The molecular weight excluding hydrogens is 288 g/mol. The molecule has 0 unspecified atom stereocenters. The number of aromatic nitrogens is 1. The number of nitrogens with zero attached hydrogens (tertiary/aromatic N) is 1. The minimum atomic E-state index is -0.144. The molecule has 0 fully saturated rings. The molecule has 21 heavy (non-hydrogen) atoms. The molecule has 2 aromatic rings. The highest BCUT2D eigenvalue weighted by molar-refractivity contribution is 6.30. The summed E-state index contributed by atoms with van der Waals surface area (Å²) in [5.41, 5.74) is 2.28. The fourth-order valence-corrected chi connectivity index (χ4v) is 2.04. The molecule has 1 N–H and O–H groups in total. The molecule has 4 nitrogen and oxygen atoms in total. The van der Waals surface area contributed by atoms with E-state index in [-0.39, 0.29) is 12.3 Å². The zero-order valence-electron chi connectivity index (χ0n) is 12.0. The fraction of sp³-hybridized carbons (Fsp3) is 0.250. The van der Waals surface area contributed by atoms with Crippen molar-refractivity contribution in [1.82, 2.24) is 4.98 Å². The third-order valence-electron chi connectivity index (χ3n) is 2.79. The van der Waals surface area contributed by atoms with E-state index in [9.17, 15) is 4.79 Å². The molecule has 0 radical (unpaired) electrons. The molecule has 0 spiro atoms. The van der Waals surface area contributed by atoms with E-state index in [0.29, 0.717) is 17.4 Å². The Balaban J connectivity index is 1.80. The van der Waals surface area contributed by atoms with Gasteiger partial charge in [-0.1, -0.05) is 17.7 Å². The highest BCUT2D eigenvalue weighted by Crippen LogP contribution is 2.16. The molecule has 110 valence electrons. The van der Waals surface area contributed by atoms with Gasteiger partial charge in [-0.2, -0.15) is 0 Å². The maximum Gasteiger partial charge on any atom is 0.228 e. The van der Waals surface area contributed by atoms with E-state index >= 15 is 0 Å². The molecule has 0 bridgehead atoms. The molecule has 0 atom stereocenters. The molecule has 2 rings (SSSR count). The Bertz CT molecular complexity index is 606. The standard InChI is InChI=1S/C16H17ClN2O2/c1-11-7-12(2)9-14(8-11)21-6-5-16(20)19-15-4-3-13(17)10-18-15/h3-4,7-10H,5-6H2,1-2H3,(H,18,19,20). The summed E-state index contributed by atoms with van der Waals surface area (Å²) in [6, 6.07) is 9.31. The monoisotopic (exact) mass is 304 g/mol. The number of carbonyl (C=O) groups is 1. The summed E-state index contributed by atoms with van der Waals surface area (Å²) in [6.45, 7) is 4.35. The number of amides is 1. The molecule has 1 aromatic heterocycles. The summed E-state index contributed by atoms with van der Waals surface area (Å²) in [4.78, 5) is 15.8. The van der Waals surface area contributed by atoms with Crippen LogP contribution in [0.25, 0.3) is 0 Å². The predicted molar refractivity (Wildman–Crippen MR) is 83.9 cm³/mol. The average molecular weight is 305 g/mol. The predicted octanol–water partition coefficient (Wildman–Crippen LogP) is 3.76. The number of anilines is 1. The van der Waals surface area contributed by atoms with Crippen molar-refractivity contribution in [2.24, 2.45) is 0 Å². The summed E-state index contributed by atoms with van der Waals surface area (Å²) < 4.78 is 5.59. The summed E-state index contributed by atoms with van der Waals surface area (Å²) >= 11 is 5.73. The number of pyridine rings is 1. The van der Waals surface area contributed by atoms with Crippen molar-refractivity contribution >= 4 is 23.3 Å². The van der Waals surface area contributed by atoms with Crippen LogP contribution in [0.15, 0.2) is 36.5 Å². The number of benzene rings is 1. The number of hydrogen-bond acceptors (Lipinski definition) is 3. The van der Waals surface area contributed by atoms with Crippen molar-refractivity contribution in [2.75, 3.05) is 11.9 Å². The van der Waals surface area contributed by atoms with Gasteiger partial charge < -0.3 is 10.1 Å². The molecule has 0 saturated carbocycles. The van der Waals surface area contributed by atoms with Gasteiger partial charge in [0, 0.05) is 6.20 Å². The van der Waals surface area contributed by atoms with Crippen LogP contribution in [0.5, 0.6) is 5.75 Å². The van der Waals surface area contributed by atoms with Crippen LogP contribution in [0, 0.1) is 13.8 Å². The number of carbonyl (C=O) groups excluding carboxylic acids is 1. The Hall–Kier alpha value is -2.07. The van der Waals surface area contributed by atoms with Crippen molar-refractivity contribution in [2.45, 2.75) is 20.3 Å². The minimum Gasteiger partial charge on any atom is -0.493 e. The van der Waals surface area contributed by atoms with E-state index in [2.05, 4.69) is 16.4 Å². The number of halogens is 1. The number of nitrogens with one attached hydrogen (secondary N) is 1. The first-order chi connectivity index (χ1) is 10.0. The lowest BCUT2D eigenvalue weighted by Gasteiger charge is -2.08. The molecular formula is C16H17ClN2O2. The first-order valence-electron chi connectivity index (χ1n) is 6.65. The highest BCUT2D eigenvalue weighted by Gasteiger charge is 2.04. The van der Waals surface area contributed by atoms with Crippen LogP contribution in [0.2, 0.25) is 5.02 Å². The quantitative estimate of drug-likeness (QED) is 0.915. The largest absolute Gasteiger partial charge is 0.493 e. The SMILES string of the molecule is Cc1cc(C)cc(OCCC(=O)Nc2ccc(Cl)cn2)c1. The summed E-state index contributed by atoms with van der Waals surface area (Å²) in [5.74, 6) is 1.12. The van der Waals surface area contributed by atoms with Gasteiger partial charge in [-0.25, -0.2) is 4.98 Å². The summed E-state index contributed by atoms with van der Waals surface area (Å²) in [7, 11) is 0. The van der Waals surface area contributed by atoms with Crippen LogP contribution < -0.4 is 10.1 Å². The van der Waals surface area contributed by atoms with Gasteiger partial charge in [0.05, 0.1) is 18.1 Å². The second-order valence-corrected chi connectivity index (χ2v) is 5.27. The molecule has 0 saturated heterocycles. The number of ether oxygens (including phenoxy) is 1. The van der Waals surface area contributed by atoms with Gasteiger partial charge >= 0.3 is 0 Å². The molecule has 1 heterocycles. The Morgan fingerprint density at radius 2 is 1.95 bits per heavy atom. The van der Waals surface area contributed by atoms with Crippen LogP contribution in [0.4, 0.5) is 5.82 Å². The van der Waals surface area contributed by atoms with Gasteiger partial charge in [0.25, 0.3) is 0 Å². The topological polar surface area (TPSA) is 51.2 Å². The molecule has 5 heteroatoms. The van der Waals surface area contributed by atoms with Gasteiger partial charge in [-0.3, -0.25) is 4.79 Å². The average Bonchev–Trinajstić information content (AvgIpc) is 2.40. The van der Waals surface area contributed by atoms with Gasteiger partial charge in [0.2, 0.25) is 5.91 Å². The third-order valence-corrected chi connectivity index (χ3v) is 3.01. The van der Waals surface area contributed by atoms with E-state index in [1.54, 1.807) is 12.1 Å². The number of hydrogen-bond donors (Lipinski definition) is 1. The molecule has 1 aromatic carbocycles. The van der Waals surface area contributed by atoms with E-state index in [4.69, 9.17) is 16.3 Å². The lowest BCUT2D eigenvalue weighted by atomic mass is 10.1. The second-order valence-electron chi connectivity index (χ2n) is 4.83. The maximum atomic E-state index is 11.8. The van der Waals surface area contributed by atoms with Crippen molar-refractivity contribution in [3.8, 4) is 5.75 Å². The lowest BCUT2D eigenvalue weighted by Crippen LogP contribution is -2.15. The summed E-state index contributed by atoms with van der Waals surface area (Å²) in [5, 5.41) is 3.22. The Morgan fingerprint density at radius 3 is 2.57 bits per heavy atom. The van der Waals surface area contributed by atoms with Crippen molar-refractivity contribution in [3.05, 3.63) is 52.7 Å². The normalized spacial score (nSPS) is 10.2. The van der Waals surface area contributed by atoms with Crippen molar-refractivity contribution in [3.63, 3.8) is 0 Å². The van der Waals surface area contributed by atoms with Gasteiger partial charge in [-0.15, -0.1) is 0 Å². The maximum absolute atomic E-state index is 11.8. The van der Waals surface area contributed by atoms with Crippen molar-refractivity contribution < 1.29 is 9.53 Å². The Kier molecular flexibility index (Phi) is 5.17. The van der Waals surface area contributed by atoms with Gasteiger partial charge in [-0.05, 0) is 49.2 Å². The van der Waals surface area contributed by atoms with Crippen LogP contribution >= 0.6 is 11.6 Å². The van der Waals surface area contributed by atoms with Gasteiger partial charge in [0.15, 0.2) is 0 Å². The minimum absolute atomic E-state index is 0.144. The lowest BCUT2D eigenvalue weighted by molar-refractivity contribution is -0.116. The summed E-state index contributed by atoms with van der Waals surface area (Å²) in [6.07, 6.45) is 1.75. The van der Waals surface area contributed by atoms with Gasteiger partial charge in [0.1, 0.15) is 11.6 Å². The molecule has 0 aliphatic rings. The third kappa shape index (κ3) is 5.08. The number of aryl methyl sites for hydroxylation is 2. The Morgan fingerprint density at radius 1 is 1.24 bits per heavy atom. The van der Waals surface area contributed by atoms with E-state index in [0.717, 1.165) is 16.9 Å². The zero-order valence-corrected chi connectivity index (χ0v) is 12.8. The highest BCUT2D eigenvalue weighted by atomic mass is 35.5. The van der Waals surface area contributed by atoms with Crippen LogP contribution in [-0.4, -0.2) is 17.5 Å². The molecule has 1 amide bonds. The van der Waals surface area contributed by atoms with Crippen LogP contribution in [0.1, 0.15) is 17.5 Å². The number of rotatable bonds is 5. The van der Waals surface area contributed by atoms with E-state index in [1.165, 1.54) is 6.20 Å². The zero-order chi connectivity index (χ0) is 15.2. The van der Waals surface area contributed by atoms with Crippen molar-refractivity contribution in [1.29, 1.82) is 0 Å². The second kappa shape index (κ2) is 7.09.